The Morgan fingerprint density at radius 1 is 1.27 bits per heavy atom. The van der Waals surface area contributed by atoms with Crippen LogP contribution in [-0.4, -0.2) is 11.5 Å². The molecule has 0 saturated heterocycles. The van der Waals surface area contributed by atoms with Gasteiger partial charge in [0, 0.05) is 5.56 Å². The van der Waals surface area contributed by atoms with Gasteiger partial charge in [0.05, 0.1) is 22.8 Å². The molecule has 2 aromatic rings. The number of hydrogen-bond donors (Lipinski definition) is 1. The average molecular weight is 350 g/mol. The van der Waals surface area contributed by atoms with Crippen molar-refractivity contribution in [2.45, 2.75) is 45.3 Å². The molecule has 5 nitrogen and oxygen atoms in total. The molecule has 0 spiro atoms. The molecule has 0 radical (unpaired) electrons. The lowest BCUT2D eigenvalue weighted by Gasteiger charge is -2.25. The molecule has 0 saturated carbocycles. The lowest BCUT2D eigenvalue weighted by Crippen LogP contribution is -2.21. The number of benzene rings is 2. The SMILES string of the molecule is CC(C)(C)O[C@@H]1CCc2c(Oc3ccc(C(N)=O)c(C#N)c3)cccc21. The van der Waals surface area contributed by atoms with Gasteiger partial charge < -0.3 is 15.2 Å². The largest absolute Gasteiger partial charge is 0.457 e. The first-order valence-corrected chi connectivity index (χ1v) is 8.60. The Morgan fingerprint density at radius 3 is 2.69 bits per heavy atom. The molecule has 5 heteroatoms. The summed E-state index contributed by atoms with van der Waals surface area (Å²) >= 11 is 0. The van der Waals surface area contributed by atoms with Gasteiger partial charge >= 0.3 is 0 Å². The van der Waals surface area contributed by atoms with Crippen LogP contribution in [0.1, 0.15) is 60.3 Å². The zero-order valence-corrected chi connectivity index (χ0v) is 15.2. The predicted octanol–water partition coefficient (Wildman–Crippen LogP) is 4.25. The van der Waals surface area contributed by atoms with Crippen LogP contribution in [0.25, 0.3) is 0 Å². The minimum absolute atomic E-state index is 0.0560. The van der Waals surface area contributed by atoms with Gasteiger partial charge in [-0.3, -0.25) is 4.79 Å². The van der Waals surface area contributed by atoms with Crippen molar-refractivity contribution in [3.63, 3.8) is 0 Å². The molecular formula is C21H22N2O3. The third-order valence-corrected chi connectivity index (χ3v) is 4.27. The van der Waals surface area contributed by atoms with E-state index >= 15 is 0 Å². The lowest BCUT2D eigenvalue weighted by atomic mass is 10.1. The molecule has 0 heterocycles. The highest BCUT2D eigenvalue weighted by Gasteiger charge is 2.29. The topological polar surface area (TPSA) is 85.3 Å². The fourth-order valence-electron chi connectivity index (χ4n) is 3.25. The second-order valence-electron chi connectivity index (χ2n) is 7.37. The Kier molecular flexibility index (Phi) is 4.71. The molecule has 2 aromatic carbocycles. The van der Waals surface area contributed by atoms with Crippen LogP contribution < -0.4 is 10.5 Å². The van der Waals surface area contributed by atoms with Gasteiger partial charge in [-0.2, -0.15) is 5.26 Å². The van der Waals surface area contributed by atoms with Crippen molar-refractivity contribution < 1.29 is 14.3 Å². The van der Waals surface area contributed by atoms with Gasteiger partial charge in [0.25, 0.3) is 0 Å². The van der Waals surface area contributed by atoms with Gasteiger partial charge in [-0.1, -0.05) is 12.1 Å². The number of amides is 1. The van der Waals surface area contributed by atoms with E-state index in [1.165, 1.54) is 12.1 Å². The lowest BCUT2D eigenvalue weighted by molar-refractivity contribution is -0.0605. The summed E-state index contributed by atoms with van der Waals surface area (Å²) in [4.78, 5) is 11.4. The highest BCUT2D eigenvalue weighted by Crippen LogP contribution is 2.42. The van der Waals surface area contributed by atoms with E-state index in [0.717, 1.165) is 29.7 Å². The smallest absolute Gasteiger partial charge is 0.250 e. The van der Waals surface area contributed by atoms with Crippen LogP contribution in [0.5, 0.6) is 11.5 Å². The van der Waals surface area contributed by atoms with Crippen LogP contribution in [0.3, 0.4) is 0 Å². The minimum atomic E-state index is -0.629. The van der Waals surface area contributed by atoms with E-state index in [4.69, 9.17) is 15.2 Å². The monoisotopic (exact) mass is 350 g/mol. The summed E-state index contributed by atoms with van der Waals surface area (Å²) in [6, 6.07) is 12.6. The number of nitriles is 1. The molecule has 0 unspecified atom stereocenters. The van der Waals surface area contributed by atoms with Gasteiger partial charge in [0.1, 0.15) is 17.6 Å². The minimum Gasteiger partial charge on any atom is -0.457 e. The maximum atomic E-state index is 11.4. The molecule has 26 heavy (non-hydrogen) atoms. The number of fused-ring (bicyclic) bond motifs is 1. The fourth-order valence-corrected chi connectivity index (χ4v) is 3.25. The van der Waals surface area contributed by atoms with Crippen LogP contribution in [0.2, 0.25) is 0 Å². The molecule has 2 N–H and O–H groups in total. The van der Waals surface area contributed by atoms with Crippen LogP contribution in [0.15, 0.2) is 36.4 Å². The number of rotatable bonds is 4. The first-order valence-electron chi connectivity index (χ1n) is 8.60. The molecule has 0 aromatic heterocycles. The molecular weight excluding hydrogens is 328 g/mol. The van der Waals surface area contributed by atoms with Crippen LogP contribution >= 0.6 is 0 Å². The van der Waals surface area contributed by atoms with Crippen molar-refractivity contribution in [3.8, 4) is 17.6 Å². The number of nitrogens with zero attached hydrogens (tertiary/aromatic N) is 1. The van der Waals surface area contributed by atoms with E-state index in [1.807, 2.05) is 18.2 Å². The second kappa shape index (κ2) is 6.81. The summed E-state index contributed by atoms with van der Waals surface area (Å²) in [6.45, 7) is 6.15. The van der Waals surface area contributed by atoms with E-state index in [-0.39, 0.29) is 22.8 Å². The second-order valence-corrected chi connectivity index (χ2v) is 7.37. The van der Waals surface area contributed by atoms with E-state index in [1.54, 1.807) is 6.07 Å². The van der Waals surface area contributed by atoms with E-state index in [9.17, 15) is 10.1 Å². The predicted molar refractivity (Wildman–Crippen MR) is 98.1 cm³/mol. The fraction of sp³-hybridized carbons (Fsp3) is 0.333. The summed E-state index contributed by atoms with van der Waals surface area (Å²) in [5, 5.41) is 9.23. The van der Waals surface area contributed by atoms with Gasteiger partial charge in [-0.15, -0.1) is 0 Å². The molecule has 1 atom stereocenters. The maximum Gasteiger partial charge on any atom is 0.250 e. The number of primary amides is 1. The molecule has 1 aliphatic carbocycles. The number of hydrogen-bond acceptors (Lipinski definition) is 4. The van der Waals surface area contributed by atoms with Gasteiger partial charge in [-0.25, -0.2) is 0 Å². The Balaban J connectivity index is 1.89. The third kappa shape index (κ3) is 3.71. The molecule has 0 aliphatic heterocycles. The van der Waals surface area contributed by atoms with Crippen molar-refractivity contribution in [1.29, 1.82) is 5.26 Å². The normalized spacial score (nSPS) is 16.0. The number of nitrogens with two attached hydrogens (primary N) is 1. The van der Waals surface area contributed by atoms with Crippen LogP contribution in [0.4, 0.5) is 0 Å². The summed E-state index contributed by atoms with van der Waals surface area (Å²) < 4.78 is 12.2. The highest BCUT2D eigenvalue weighted by atomic mass is 16.5. The van der Waals surface area contributed by atoms with E-state index in [2.05, 4.69) is 26.8 Å². The van der Waals surface area contributed by atoms with Crippen molar-refractivity contribution in [2.75, 3.05) is 0 Å². The third-order valence-electron chi connectivity index (χ3n) is 4.27. The van der Waals surface area contributed by atoms with Crippen LogP contribution in [0, 0.1) is 11.3 Å². The summed E-state index contributed by atoms with van der Waals surface area (Å²) in [5.41, 5.74) is 7.74. The molecule has 0 fully saturated rings. The van der Waals surface area contributed by atoms with Crippen molar-refractivity contribution in [3.05, 3.63) is 58.7 Å². The van der Waals surface area contributed by atoms with E-state index < -0.39 is 5.91 Å². The maximum absolute atomic E-state index is 11.4. The van der Waals surface area contributed by atoms with Crippen molar-refractivity contribution in [2.24, 2.45) is 5.73 Å². The quantitative estimate of drug-likeness (QED) is 0.893. The Hall–Kier alpha value is -2.84. The Bertz CT molecular complexity index is 891. The Morgan fingerprint density at radius 2 is 2.04 bits per heavy atom. The van der Waals surface area contributed by atoms with Gasteiger partial charge in [0.2, 0.25) is 5.91 Å². The molecule has 3 rings (SSSR count). The number of carbonyl (C=O) groups excluding carboxylic acids is 1. The molecule has 0 bridgehead atoms. The van der Waals surface area contributed by atoms with Gasteiger partial charge in [-0.05, 0) is 63.4 Å². The highest BCUT2D eigenvalue weighted by molar-refractivity contribution is 5.95. The first-order chi connectivity index (χ1) is 12.3. The first kappa shape index (κ1) is 18.0. The summed E-state index contributed by atoms with van der Waals surface area (Å²) in [5.74, 6) is 0.620. The average Bonchev–Trinajstić information content (AvgIpc) is 2.97. The summed E-state index contributed by atoms with van der Waals surface area (Å²) in [6.07, 6.45) is 1.84. The summed E-state index contributed by atoms with van der Waals surface area (Å²) in [7, 11) is 0. The zero-order chi connectivity index (χ0) is 18.9. The van der Waals surface area contributed by atoms with Crippen molar-refractivity contribution >= 4 is 5.91 Å². The van der Waals surface area contributed by atoms with Crippen LogP contribution in [-0.2, 0) is 11.2 Å². The van der Waals surface area contributed by atoms with Crippen molar-refractivity contribution in [1.82, 2.24) is 0 Å². The van der Waals surface area contributed by atoms with E-state index in [0.29, 0.717) is 5.75 Å². The zero-order valence-electron chi connectivity index (χ0n) is 15.2. The number of carbonyl (C=O) groups is 1. The number of ether oxygens (including phenoxy) is 2. The molecule has 134 valence electrons. The molecule has 1 amide bonds. The van der Waals surface area contributed by atoms with Gasteiger partial charge in [0.15, 0.2) is 0 Å². The standard InChI is InChI=1S/C21H22N2O3/c1-21(2,3)26-19-10-9-17-16(19)5-4-6-18(17)25-14-7-8-15(20(23)24)13(11-14)12-22/h4-8,11,19H,9-10H2,1-3H3,(H2,23,24)/t19-/m1/s1. The molecule has 1 aliphatic rings. The Labute approximate surface area is 153 Å².